The summed E-state index contributed by atoms with van der Waals surface area (Å²) in [4.78, 5) is 4.67. The van der Waals surface area contributed by atoms with Crippen molar-refractivity contribution in [3.05, 3.63) is 42.7 Å². The molecule has 21 heavy (non-hydrogen) atoms. The van der Waals surface area contributed by atoms with Crippen LogP contribution in [0.25, 0.3) is 16.8 Å². The number of ether oxygens (including phenoxy) is 1. The molecule has 0 fully saturated rings. The first-order chi connectivity index (χ1) is 10.4. The van der Waals surface area contributed by atoms with Crippen LogP contribution in [0.2, 0.25) is 6.32 Å². The van der Waals surface area contributed by atoms with Crippen molar-refractivity contribution in [2.75, 3.05) is 18.4 Å². The van der Waals surface area contributed by atoms with Gasteiger partial charge in [-0.3, -0.25) is 0 Å². The van der Waals surface area contributed by atoms with Gasteiger partial charge in [-0.2, -0.15) is 5.10 Å². The van der Waals surface area contributed by atoms with Crippen LogP contribution in [0.3, 0.4) is 0 Å². The lowest BCUT2D eigenvalue weighted by molar-refractivity contribution is 0.384. The van der Waals surface area contributed by atoms with Gasteiger partial charge < -0.3 is 10.1 Å². The van der Waals surface area contributed by atoms with Gasteiger partial charge in [0.05, 0.1) is 12.7 Å². The van der Waals surface area contributed by atoms with Gasteiger partial charge in [-0.25, -0.2) is 9.50 Å². The Bertz CT molecular complexity index is 786. The molecule has 103 valence electrons. The predicted octanol–water partition coefficient (Wildman–Crippen LogP) is 2.28. The molecule has 1 radical (unpaired) electrons. The minimum atomic E-state index is 0.611. The summed E-state index contributed by atoms with van der Waals surface area (Å²) in [6.45, 7) is 1.45. The first-order valence-corrected chi connectivity index (χ1v) is 7.03. The number of hydrogen-bond acceptors (Lipinski definition) is 4. The highest BCUT2D eigenvalue weighted by Crippen LogP contribution is 2.27. The van der Waals surface area contributed by atoms with Gasteiger partial charge in [0.1, 0.15) is 11.6 Å². The van der Waals surface area contributed by atoms with E-state index in [1.807, 2.05) is 36.7 Å². The average molecular weight is 277 g/mol. The van der Waals surface area contributed by atoms with Crippen LogP contribution >= 0.6 is 0 Å². The van der Waals surface area contributed by atoms with Crippen molar-refractivity contribution in [3.8, 4) is 16.9 Å². The summed E-state index contributed by atoms with van der Waals surface area (Å²) >= 11 is 0. The maximum Gasteiger partial charge on any atom is 0.165 e. The molecule has 3 heterocycles. The molecule has 0 aliphatic carbocycles. The van der Waals surface area contributed by atoms with Crippen molar-refractivity contribution >= 4 is 18.7 Å². The summed E-state index contributed by atoms with van der Waals surface area (Å²) < 4.78 is 7.55. The highest BCUT2D eigenvalue weighted by molar-refractivity contribution is 6.35. The minimum absolute atomic E-state index is 0.611. The Balaban J connectivity index is 1.89. The molecule has 1 N–H and O–H groups in total. The second-order valence-electron chi connectivity index (χ2n) is 4.98. The van der Waals surface area contributed by atoms with Gasteiger partial charge in [-0.05, 0) is 23.8 Å². The second-order valence-corrected chi connectivity index (χ2v) is 4.98. The topological polar surface area (TPSA) is 51.5 Å². The fourth-order valence-corrected chi connectivity index (χ4v) is 2.47. The predicted molar refractivity (Wildman–Crippen MR) is 83.0 cm³/mol. The van der Waals surface area contributed by atoms with E-state index in [0.29, 0.717) is 6.51 Å². The van der Waals surface area contributed by atoms with Crippen LogP contribution in [-0.4, -0.2) is 34.9 Å². The monoisotopic (exact) mass is 277 g/mol. The molecular formula is C15H14BN4O. The Kier molecular flexibility index (Phi) is 2.99. The number of anilines is 1. The van der Waals surface area contributed by atoms with Gasteiger partial charge >= 0.3 is 0 Å². The molecule has 0 spiro atoms. The smallest absolute Gasteiger partial charge is 0.165 e. The number of nitrogens with zero attached hydrogens (tertiary/aromatic N) is 3. The number of rotatable bonds is 0. The zero-order chi connectivity index (χ0) is 14.1. The fraction of sp³-hybridized carbons (Fsp3) is 0.200. The van der Waals surface area contributed by atoms with Crippen LogP contribution in [0.5, 0.6) is 5.75 Å². The van der Waals surface area contributed by atoms with Crippen molar-refractivity contribution in [3.63, 3.8) is 0 Å². The third-order valence-corrected chi connectivity index (χ3v) is 3.54. The number of fused-ring (bicyclic) bond motifs is 4. The van der Waals surface area contributed by atoms with Gasteiger partial charge in [0, 0.05) is 18.3 Å². The molecule has 2 aromatic heterocycles. The molecule has 3 aromatic rings. The van der Waals surface area contributed by atoms with Crippen LogP contribution in [-0.2, 0) is 0 Å². The van der Waals surface area contributed by atoms with E-state index >= 15 is 0 Å². The molecule has 4 bridgehead atoms. The molecule has 5 nitrogen and oxygen atoms in total. The summed E-state index contributed by atoms with van der Waals surface area (Å²) in [5.74, 6) is 1.74. The normalized spacial score (nSPS) is 14.3. The SMILES string of the molecule is [B]1CCNc2ccn3ncc(c3n2)-c2cccc(c2)OC1. The fourth-order valence-electron chi connectivity index (χ4n) is 2.47. The van der Waals surface area contributed by atoms with E-state index in [4.69, 9.17) is 4.74 Å². The van der Waals surface area contributed by atoms with Crippen molar-refractivity contribution in [1.82, 2.24) is 14.6 Å². The van der Waals surface area contributed by atoms with Crippen molar-refractivity contribution in [1.29, 1.82) is 0 Å². The molecule has 6 heteroatoms. The quantitative estimate of drug-likeness (QED) is 0.640. The van der Waals surface area contributed by atoms with Crippen LogP contribution < -0.4 is 10.1 Å². The number of nitrogens with one attached hydrogen (secondary N) is 1. The highest BCUT2D eigenvalue weighted by Gasteiger charge is 2.10. The Morgan fingerprint density at radius 2 is 2.29 bits per heavy atom. The zero-order valence-electron chi connectivity index (χ0n) is 11.5. The van der Waals surface area contributed by atoms with Crippen LogP contribution in [0.1, 0.15) is 0 Å². The van der Waals surface area contributed by atoms with Gasteiger partial charge in [0.15, 0.2) is 12.9 Å². The van der Waals surface area contributed by atoms with Gasteiger partial charge in [-0.1, -0.05) is 18.5 Å². The lowest BCUT2D eigenvalue weighted by Crippen LogP contribution is -2.12. The van der Waals surface area contributed by atoms with Gasteiger partial charge in [0.25, 0.3) is 0 Å². The van der Waals surface area contributed by atoms with Crippen molar-refractivity contribution < 1.29 is 4.74 Å². The number of aromatic nitrogens is 3. The van der Waals surface area contributed by atoms with E-state index in [-0.39, 0.29) is 0 Å². The third kappa shape index (κ3) is 2.33. The molecule has 1 aliphatic rings. The highest BCUT2D eigenvalue weighted by atomic mass is 16.5. The van der Waals surface area contributed by atoms with Crippen molar-refractivity contribution in [2.45, 2.75) is 6.32 Å². The Morgan fingerprint density at radius 3 is 3.29 bits per heavy atom. The largest absolute Gasteiger partial charge is 0.503 e. The standard InChI is InChI=1S/C15H14BN4O/c1-2-11-8-12(3-1)21-10-16-5-6-17-14-4-7-20-15(19-14)13(11)9-18-20/h1-4,7-9H,5-6,10H2,(H,17,19). The summed E-state index contributed by atoms with van der Waals surface area (Å²) in [5.41, 5.74) is 2.92. The number of hydrogen-bond donors (Lipinski definition) is 1. The van der Waals surface area contributed by atoms with E-state index in [9.17, 15) is 0 Å². The Labute approximate surface area is 123 Å². The summed E-state index contributed by atoms with van der Waals surface area (Å²) in [6.07, 6.45) is 4.70. The maximum absolute atomic E-state index is 5.76. The van der Waals surface area contributed by atoms with E-state index in [1.54, 1.807) is 4.52 Å². The molecule has 0 amide bonds. The van der Waals surface area contributed by atoms with Gasteiger partial charge in [0.2, 0.25) is 0 Å². The first-order valence-electron chi connectivity index (χ1n) is 7.03. The molecule has 4 rings (SSSR count). The van der Waals surface area contributed by atoms with E-state index < -0.39 is 0 Å². The van der Waals surface area contributed by atoms with Gasteiger partial charge in [-0.15, -0.1) is 0 Å². The number of benzene rings is 1. The summed E-state index contributed by atoms with van der Waals surface area (Å²) in [6, 6.07) is 9.99. The zero-order valence-corrected chi connectivity index (χ0v) is 11.5. The summed E-state index contributed by atoms with van der Waals surface area (Å²) in [5, 5.41) is 7.69. The first kappa shape index (κ1) is 12.3. The molecule has 1 aromatic carbocycles. The van der Waals surface area contributed by atoms with Crippen LogP contribution in [0.15, 0.2) is 42.7 Å². The average Bonchev–Trinajstić information content (AvgIpc) is 2.93. The minimum Gasteiger partial charge on any atom is -0.503 e. The van der Waals surface area contributed by atoms with Crippen molar-refractivity contribution in [2.24, 2.45) is 0 Å². The lowest BCUT2D eigenvalue weighted by Gasteiger charge is -2.06. The van der Waals surface area contributed by atoms with Crippen LogP contribution in [0.4, 0.5) is 5.82 Å². The molecule has 1 aliphatic heterocycles. The third-order valence-electron chi connectivity index (χ3n) is 3.54. The maximum atomic E-state index is 5.76. The Hall–Kier alpha value is -2.50. The molecule has 0 saturated carbocycles. The molecule has 0 atom stereocenters. The lowest BCUT2D eigenvalue weighted by atomic mass is 9.76. The van der Waals surface area contributed by atoms with E-state index in [1.165, 1.54) is 0 Å². The van der Waals surface area contributed by atoms with E-state index in [2.05, 4.69) is 28.7 Å². The Morgan fingerprint density at radius 1 is 1.29 bits per heavy atom. The molecular weight excluding hydrogens is 263 g/mol. The van der Waals surface area contributed by atoms with E-state index in [0.717, 1.165) is 41.2 Å². The molecule has 0 unspecified atom stereocenters. The second kappa shape index (κ2) is 5.12. The summed E-state index contributed by atoms with van der Waals surface area (Å²) in [7, 11) is 2.12. The van der Waals surface area contributed by atoms with Crippen LogP contribution in [0, 0.1) is 0 Å². The molecule has 0 saturated heterocycles.